The number of sulfonamides is 1. The SMILES string of the molecule is Bc1ccc2c(CC(C)NS(=O)(=O)C(C)C)cn(CC(C)C)c2c1. The quantitative estimate of drug-likeness (QED) is 0.776. The first-order valence-corrected chi connectivity index (χ1v) is 10.2. The minimum Gasteiger partial charge on any atom is -0.347 e. The van der Waals surface area contributed by atoms with E-state index in [-0.39, 0.29) is 6.04 Å². The average Bonchev–Trinajstić information content (AvgIpc) is 2.74. The zero-order valence-electron chi connectivity index (χ0n) is 15.6. The number of hydrogen-bond acceptors (Lipinski definition) is 2. The molecule has 0 radical (unpaired) electrons. The number of aromatic nitrogens is 1. The van der Waals surface area contributed by atoms with E-state index in [9.17, 15) is 8.42 Å². The van der Waals surface area contributed by atoms with Gasteiger partial charge in [0, 0.05) is 29.7 Å². The lowest BCUT2D eigenvalue weighted by molar-refractivity contribution is 0.532. The van der Waals surface area contributed by atoms with E-state index >= 15 is 0 Å². The molecule has 0 saturated heterocycles. The number of fused-ring (bicyclic) bond motifs is 1. The van der Waals surface area contributed by atoms with Gasteiger partial charge in [-0.2, -0.15) is 0 Å². The van der Waals surface area contributed by atoms with E-state index in [1.807, 2.05) is 6.92 Å². The van der Waals surface area contributed by atoms with E-state index in [0.717, 1.165) is 6.54 Å². The van der Waals surface area contributed by atoms with Crippen molar-refractivity contribution in [2.75, 3.05) is 0 Å². The molecular formula is C18H29BN2O2S. The molecule has 6 heteroatoms. The molecule has 1 aromatic carbocycles. The van der Waals surface area contributed by atoms with Crippen molar-refractivity contribution in [2.45, 2.75) is 58.9 Å². The van der Waals surface area contributed by atoms with Crippen molar-refractivity contribution in [3.63, 3.8) is 0 Å². The molecule has 4 nitrogen and oxygen atoms in total. The summed E-state index contributed by atoms with van der Waals surface area (Å²) in [5.41, 5.74) is 3.67. The van der Waals surface area contributed by atoms with Crippen molar-refractivity contribution in [1.29, 1.82) is 0 Å². The molecule has 1 aromatic heterocycles. The second kappa shape index (κ2) is 7.32. The summed E-state index contributed by atoms with van der Waals surface area (Å²) < 4.78 is 29.2. The predicted octanol–water partition coefficient (Wildman–Crippen LogP) is 1.81. The molecule has 0 aliphatic rings. The van der Waals surface area contributed by atoms with Crippen LogP contribution in [0.25, 0.3) is 10.9 Å². The van der Waals surface area contributed by atoms with Crippen LogP contribution in [0.1, 0.15) is 40.2 Å². The lowest BCUT2D eigenvalue weighted by atomic mass is 9.94. The van der Waals surface area contributed by atoms with Crippen LogP contribution in [0.3, 0.4) is 0 Å². The van der Waals surface area contributed by atoms with Gasteiger partial charge in [0.2, 0.25) is 10.0 Å². The monoisotopic (exact) mass is 348 g/mol. The van der Waals surface area contributed by atoms with Crippen molar-refractivity contribution in [3.05, 3.63) is 30.0 Å². The maximum atomic E-state index is 12.1. The minimum atomic E-state index is -3.25. The Labute approximate surface area is 147 Å². The normalized spacial score (nSPS) is 14.0. The largest absolute Gasteiger partial charge is 0.347 e. The van der Waals surface area contributed by atoms with Crippen LogP contribution in [-0.4, -0.2) is 32.1 Å². The molecule has 1 unspecified atom stereocenters. The van der Waals surface area contributed by atoms with E-state index in [0.29, 0.717) is 12.3 Å². The number of benzene rings is 1. The Hall–Kier alpha value is -1.27. The average molecular weight is 348 g/mol. The predicted molar refractivity (Wildman–Crippen MR) is 105 cm³/mol. The van der Waals surface area contributed by atoms with Crippen molar-refractivity contribution >= 4 is 34.2 Å². The van der Waals surface area contributed by atoms with Crippen LogP contribution in [0.2, 0.25) is 0 Å². The highest BCUT2D eigenvalue weighted by molar-refractivity contribution is 7.90. The first kappa shape index (κ1) is 19.1. The van der Waals surface area contributed by atoms with Crippen LogP contribution in [0, 0.1) is 5.92 Å². The molecule has 1 heterocycles. The molecule has 0 aliphatic heterocycles. The van der Waals surface area contributed by atoms with Crippen LogP contribution in [0.5, 0.6) is 0 Å². The van der Waals surface area contributed by atoms with Gasteiger partial charge in [-0.15, -0.1) is 0 Å². The smallest absolute Gasteiger partial charge is 0.214 e. The third-order valence-electron chi connectivity index (χ3n) is 4.19. The van der Waals surface area contributed by atoms with Crippen molar-refractivity contribution < 1.29 is 8.42 Å². The fourth-order valence-corrected chi connectivity index (χ4v) is 3.89. The third kappa shape index (κ3) is 4.42. The summed E-state index contributed by atoms with van der Waals surface area (Å²) in [5.74, 6) is 0.561. The Morgan fingerprint density at radius 2 is 1.83 bits per heavy atom. The number of hydrogen-bond donors (Lipinski definition) is 1. The molecule has 2 aromatic rings. The molecule has 132 valence electrons. The zero-order valence-corrected chi connectivity index (χ0v) is 16.4. The highest BCUT2D eigenvalue weighted by Gasteiger charge is 2.20. The molecule has 0 aliphatic carbocycles. The maximum Gasteiger partial charge on any atom is 0.214 e. The van der Waals surface area contributed by atoms with Crippen LogP contribution in [0.15, 0.2) is 24.4 Å². The van der Waals surface area contributed by atoms with Gasteiger partial charge in [-0.25, -0.2) is 13.1 Å². The van der Waals surface area contributed by atoms with Crippen molar-refractivity contribution in [2.24, 2.45) is 5.92 Å². The van der Waals surface area contributed by atoms with Crippen LogP contribution in [-0.2, 0) is 23.0 Å². The van der Waals surface area contributed by atoms with Gasteiger partial charge < -0.3 is 4.57 Å². The van der Waals surface area contributed by atoms with E-state index in [1.54, 1.807) is 13.8 Å². The van der Waals surface area contributed by atoms with Gasteiger partial charge in [0.15, 0.2) is 0 Å². The molecule has 1 atom stereocenters. The van der Waals surface area contributed by atoms with E-state index in [4.69, 9.17) is 0 Å². The number of nitrogens with zero attached hydrogens (tertiary/aromatic N) is 1. The number of nitrogens with one attached hydrogen (secondary N) is 1. The Kier molecular flexibility index (Phi) is 5.81. The molecule has 1 N–H and O–H groups in total. The molecule has 0 spiro atoms. The number of rotatable bonds is 7. The fraction of sp³-hybridized carbons (Fsp3) is 0.556. The van der Waals surface area contributed by atoms with E-state index < -0.39 is 15.3 Å². The summed E-state index contributed by atoms with van der Waals surface area (Å²) in [6.07, 6.45) is 2.88. The molecular weight excluding hydrogens is 319 g/mol. The lowest BCUT2D eigenvalue weighted by Gasteiger charge is -2.16. The van der Waals surface area contributed by atoms with E-state index in [2.05, 4.69) is 55.4 Å². The lowest BCUT2D eigenvalue weighted by Crippen LogP contribution is -2.38. The first-order chi connectivity index (χ1) is 11.1. The standard InChI is InChI=1S/C18H29BN2O2S/c1-12(2)10-21-11-15(17-7-6-16(19)9-18(17)21)8-14(5)20-24(22,23)13(3)4/h6-7,9,11-14,20H,8,10,19H2,1-5H3. The molecule has 0 fully saturated rings. The van der Waals surface area contributed by atoms with Crippen LogP contribution >= 0.6 is 0 Å². The Morgan fingerprint density at radius 3 is 2.42 bits per heavy atom. The van der Waals surface area contributed by atoms with E-state index in [1.165, 1.54) is 21.9 Å². The van der Waals surface area contributed by atoms with Crippen molar-refractivity contribution in [3.8, 4) is 0 Å². The molecule has 0 amide bonds. The van der Waals surface area contributed by atoms with Gasteiger partial charge in [0.1, 0.15) is 7.85 Å². The van der Waals surface area contributed by atoms with Crippen LogP contribution < -0.4 is 10.2 Å². The summed E-state index contributed by atoms with van der Waals surface area (Å²) >= 11 is 0. The van der Waals surface area contributed by atoms with Gasteiger partial charge in [-0.05, 0) is 44.7 Å². The summed E-state index contributed by atoms with van der Waals surface area (Å²) in [6, 6.07) is 6.36. The summed E-state index contributed by atoms with van der Waals surface area (Å²) in [6.45, 7) is 10.7. The maximum absolute atomic E-state index is 12.1. The molecule has 0 saturated carbocycles. The Morgan fingerprint density at radius 1 is 1.17 bits per heavy atom. The highest BCUT2D eigenvalue weighted by atomic mass is 32.2. The molecule has 0 bridgehead atoms. The Balaban J connectivity index is 2.32. The zero-order chi connectivity index (χ0) is 18.1. The van der Waals surface area contributed by atoms with Crippen molar-refractivity contribution in [1.82, 2.24) is 9.29 Å². The minimum absolute atomic E-state index is 0.128. The fourth-order valence-electron chi connectivity index (χ4n) is 2.97. The summed E-state index contributed by atoms with van der Waals surface area (Å²) in [7, 11) is -1.14. The van der Waals surface area contributed by atoms with Gasteiger partial charge >= 0.3 is 0 Å². The molecule has 24 heavy (non-hydrogen) atoms. The first-order valence-electron chi connectivity index (χ1n) is 8.69. The topological polar surface area (TPSA) is 51.1 Å². The second-order valence-electron chi connectivity index (χ2n) is 7.54. The second-order valence-corrected chi connectivity index (χ2v) is 9.81. The highest BCUT2D eigenvalue weighted by Crippen LogP contribution is 2.23. The summed E-state index contributed by atoms with van der Waals surface area (Å²) in [4.78, 5) is 0. The third-order valence-corrected chi connectivity index (χ3v) is 6.17. The van der Waals surface area contributed by atoms with Crippen LogP contribution in [0.4, 0.5) is 0 Å². The van der Waals surface area contributed by atoms with Gasteiger partial charge in [0.25, 0.3) is 0 Å². The van der Waals surface area contributed by atoms with Gasteiger partial charge in [-0.1, -0.05) is 31.4 Å². The molecule has 2 rings (SSSR count). The van der Waals surface area contributed by atoms with Gasteiger partial charge in [-0.3, -0.25) is 0 Å². The Bertz CT molecular complexity index is 810. The van der Waals surface area contributed by atoms with Gasteiger partial charge in [0.05, 0.1) is 5.25 Å². The summed E-state index contributed by atoms with van der Waals surface area (Å²) in [5, 5.41) is 0.807.